The highest BCUT2D eigenvalue weighted by Gasteiger charge is 2.23. The molecule has 1 fully saturated rings. The van der Waals surface area contributed by atoms with Gasteiger partial charge in [-0.05, 0) is 44.1 Å². The summed E-state index contributed by atoms with van der Waals surface area (Å²) in [6.45, 7) is 2.26. The normalized spacial score (nSPS) is 18.5. The predicted octanol–water partition coefficient (Wildman–Crippen LogP) is 3.63. The Bertz CT molecular complexity index is 426. The highest BCUT2D eigenvalue weighted by Crippen LogP contribution is 2.28. The second-order valence-electron chi connectivity index (χ2n) is 6.32. The Morgan fingerprint density at radius 1 is 1.29 bits per heavy atom. The average molecular weight is 289 g/mol. The average Bonchev–Trinajstić information content (AvgIpc) is 3.00. The summed E-state index contributed by atoms with van der Waals surface area (Å²) in [6.07, 6.45) is 7.15. The number of carboxylic acid groups (broad SMARTS) is 1. The van der Waals surface area contributed by atoms with Gasteiger partial charge in [0.05, 0.1) is 0 Å². The number of nitrogens with one attached hydrogen (secondary N) is 1. The molecule has 0 amide bonds. The van der Waals surface area contributed by atoms with Crippen LogP contribution in [0.4, 0.5) is 0 Å². The van der Waals surface area contributed by atoms with Gasteiger partial charge in [-0.2, -0.15) is 0 Å². The molecule has 3 heteroatoms. The first-order valence-corrected chi connectivity index (χ1v) is 8.17. The molecule has 2 unspecified atom stereocenters. The topological polar surface area (TPSA) is 49.3 Å². The van der Waals surface area contributed by atoms with Gasteiger partial charge >= 0.3 is 5.97 Å². The van der Waals surface area contributed by atoms with E-state index in [2.05, 4.69) is 24.4 Å². The van der Waals surface area contributed by atoms with E-state index in [1.54, 1.807) is 0 Å². The monoisotopic (exact) mass is 289 g/mol. The Morgan fingerprint density at radius 3 is 2.57 bits per heavy atom. The Balaban J connectivity index is 1.92. The van der Waals surface area contributed by atoms with Crippen molar-refractivity contribution < 1.29 is 9.90 Å². The highest BCUT2D eigenvalue weighted by molar-refractivity contribution is 5.66. The van der Waals surface area contributed by atoms with Crippen LogP contribution in [-0.2, 0) is 11.2 Å². The molecule has 0 bridgehead atoms. The minimum Gasteiger partial charge on any atom is -0.481 e. The smallest absolute Gasteiger partial charge is 0.303 e. The third-order valence-corrected chi connectivity index (χ3v) is 4.64. The molecule has 0 spiro atoms. The molecule has 2 N–H and O–H groups in total. The number of hydrogen-bond acceptors (Lipinski definition) is 2. The molecule has 21 heavy (non-hydrogen) atoms. The van der Waals surface area contributed by atoms with E-state index in [0.717, 1.165) is 12.3 Å². The molecule has 1 aromatic carbocycles. The van der Waals surface area contributed by atoms with E-state index in [1.165, 1.54) is 31.2 Å². The van der Waals surface area contributed by atoms with Gasteiger partial charge in [0.25, 0.3) is 0 Å². The zero-order valence-electron chi connectivity index (χ0n) is 12.9. The van der Waals surface area contributed by atoms with Crippen LogP contribution in [0.25, 0.3) is 0 Å². The van der Waals surface area contributed by atoms with Crippen LogP contribution in [0.15, 0.2) is 30.3 Å². The first kappa shape index (κ1) is 16.0. The van der Waals surface area contributed by atoms with Crippen molar-refractivity contribution >= 4 is 5.97 Å². The van der Waals surface area contributed by atoms with Crippen molar-refractivity contribution in [1.29, 1.82) is 0 Å². The maximum absolute atomic E-state index is 10.9. The van der Waals surface area contributed by atoms with E-state index >= 15 is 0 Å². The fraction of sp³-hybridized carbons (Fsp3) is 0.611. The fourth-order valence-electron chi connectivity index (χ4n) is 3.41. The molecule has 1 saturated carbocycles. The number of hydrogen-bond donors (Lipinski definition) is 2. The molecule has 0 heterocycles. The molecule has 2 rings (SSSR count). The van der Waals surface area contributed by atoms with Crippen LogP contribution in [0.3, 0.4) is 0 Å². The van der Waals surface area contributed by atoms with E-state index in [0.29, 0.717) is 12.5 Å². The summed E-state index contributed by atoms with van der Waals surface area (Å²) < 4.78 is 0. The van der Waals surface area contributed by atoms with Crippen LogP contribution in [0.5, 0.6) is 0 Å². The van der Waals surface area contributed by atoms with Crippen LogP contribution in [0.1, 0.15) is 51.0 Å². The Hall–Kier alpha value is -1.35. The molecular weight excluding hydrogens is 262 g/mol. The third-order valence-electron chi connectivity index (χ3n) is 4.64. The van der Waals surface area contributed by atoms with Gasteiger partial charge in [0.2, 0.25) is 0 Å². The van der Waals surface area contributed by atoms with Gasteiger partial charge in [0.1, 0.15) is 0 Å². The molecule has 3 nitrogen and oxygen atoms in total. The van der Waals surface area contributed by atoms with E-state index < -0.39 is 5.97 Å². The second kappa shape index (κ2) is 8.18. The molecular formula is C18H27NO2. The molecule has 0 saturated heterocycles. The third kappa shape index (κ3) is 5.50. The van der Waals surface area contributed by atoms with Crippen LogP contribution in [0, 0.1) is 5.92 Å². The minimum atomic E-state index is -0.705. The lowest BCUT2D eigenvalue weighted by atomic mass is 9.95. The van der Waals surface area contributed by atoms with Crippen molar-refractivity contribution in [3.05, 3.63) is 35.9 Å². The van der Waals surface area contributed by atoms with Crippen molar-refractivity contribution in [1.82, 2.24) is 5.32 Å². The number of aliphatic carboxylic acids is 1. The van der Waals surface area contributed by atoms with Gasteiger partial charge in [-0.1, -0.05) is 43.2 Å². The van der Waals surface area contributed by atoms with E-state index in [9.17, 15) is 4.79 Å². The van der Waals surface area contributed by atoms with Gasteiger partial charge in [-0.3, -0.25) is 4.79 Å². The highest BCUT2D eigenvalue weighted by atomic mass is 16.4. The maximum Gasteiger partial charge on any atom is 0.303 e. The molecule has 0 aromatic heterocycles. The van der Waals surface area contributed by atoms with Crippen molar-refractivity contribution in [3.8, 4) is 0 Å². The summed E-state index contributed by atoms with van der Waals surface area (Å²) in [7, 11) is 0. The van der Waals surface area contributed by atoms with Crippen LogP contribution < -0.4 is 5.32 Å². The molecule has 1 aliphatic rings. The SMILES string of the molecule is CC(NC(CCC(=O)O)Cc1ccccc1)C1CCCC1. The lowest BCUT2D eigenvalue weighted by Crippen LogP contribution is -2.41. The second-order valence-corrected chi connectivity index (χ2v) is 6.32. The molecule has 1 aromatic rings. The Kier molecular flexibility index (Phi) is 6.24. The maximum atomic E-state index is 10.9. The zero-order valence-corrected chi connectivity index (χ0v) is 12.9. The summed E-state index contributed by atoms with van der Waals surface area (Å²) in [6, 6.07) is 11.1. The van der Waals surface area contributed by atoms with Crippen molar-refractivity contribution in [2.75, 3.05) is 0 Å². The van der Waals surface area contributed by atoms with E-state index in [4.69, 9.17) is 5.11 Å². The lowest BCUT2D eigenvalue weighted by molar-refractivity contribution is -0.137. The molecule has 2 atom stereocenters. The first-order chi connectivity index (χ1) is 10.1. The largest absolute Gasteiger partial charge is 0.481 e. The number of carbonyl (C=O) groups is 1. The van der Waals surface area contributed by atoms with Gasteiger partial charge in [-0.15, -0.1) is 0 Å². The standard InChI is InChI=1S/C18H27NO2/c1-14(16-9-5-6-10-16)19-17(11-12-18(20)21)13-15-7-3-2-4-8-15/h2-4,7-8,14,16-17,19H,5-6,9-13H2,1H3,(H,20,21). The van der Waals surface area contributed by atoms with Gasteiger partial charge in [-0.25, -0.2) is 0 Å². The summed E-state index contributed by atoms with van der Waals surface area (Å²) in [5, 5.41) is 12.6. The minimum absolute atomic E-state index is 0.238. The van der Waals surface area contributed by atoms with Crippen LogP contribution in [0.2, 0.25) is 0 Å². The molecule has 0 aliphatic heterocycles. The van der Waals surface area contributed by atoms with Crippen molar-refractivity contribution in [2.45, 2.75) is 64.0 Å². The van der Waals surface area contributed by atoms with Crippen LogP contribution in [-0.4, -0.2) is 23.2 Å². The van der Waals surface area contributed by atoms with Crippen molar-refractivity contribution in [3.63, 3.8) is 0 Å². The number of rotatable bonds is 8. The van der Waals surface area contributed by atoms with E-state index in [1.807, 2.05) is 18.2 Å². The predicted molar refractivity (Wildman–Crippen MR) is 85.4 cm³/mol. The van der Waals surface area contributed by atoms with Crippen molar-refractivity contribution in [2.24, 2.45) is 5.92 Å². The summed E-state index contributed by atoms with van der Waals surface area (Å²) >= 11 is 0. The number of carboxylic acids is 1. The summed E-state index contributed by atoms with van der Waals surface area (Å²) in [5.74, 6) is 0.0523. The van der Waals surface area contributed by atoms with Gasteiger partial charge < -0.3 is 10.4 Å². The first-order valence-electron chi connectivity index (χ1n) is 8.17. The Labute approximate surface area is 127 Å². The van der Waals surface area contributed by atoms with Gasteiger partial charge in [0.15, 0.2) is 0 Å². The summed E-state index contributed by atoms with van der Waals surface area (Å²) in [4.78, 5) is 10.9. The van der Waals surface area contributed by atoms with E-state index in [-0.39, 0.29) is 12.5 Å². The number of benzene rings is 1. The van der Waals surface area contributed by atoms with Crippen LogP contribution >= 0.6 is 0 Å². The zero-order chi connectivity index (χ0) is 15.1. The molecule has 1 aliphatic carbocycles. The lowest BCUT2D eigenvalue weighted by Gasteiger charge is -2.27. The quantitative estimate of drug-likeness (QED) is 0.768. The molecule has 0 radical (unpaired) electrons. The molecule has 116 valence electrons. The Morgan fingerprint density at radius 2 is 1.95 bits per heavy atom. The fourth-order valence-corrected chi connectivity index (χ4v) is 3.41. The summed E-state index contributed by atoms with van der Waals surface area (Å²) in [5.41, 5.74) is 1.28. The van der Waals surface area contributed by atoms with Gasteiger partial charge in [0, 0.05) is 18.5 Å².